The fourth-order valence-electron chi connectivity index (χ4n) is 3.07. The van der Waals surface area contributed by atoms with Crippen LogP contribution in [-0.4, -0.2) is 53.6 Å². The van der Waals surface area contributed by atoms with Crippen LogP contribution in [0.25, 0.3) is 0 Å². The van der Waals surface area contributed by atoms with Gasteiger partial charge in [-0.25, -0.2) is 0 Å². The summed E-state index contributed by atoms with van der Waals surface area (Å²) in [5.41, 5.74) is 7.55. The molecule has 0 bridgehead atoms. The number of nitrogens with two attached hydrogens (primary N) is 1. The van der Waals surface area contributed by atoms with Crippen molar-refractivity contribution < 1.29 is 19.7 Å². The van der Waals surface area contributed by atoms with Gasteiger partial charge >= 0.3 is 0 Å². The molecule has 0 saturated carbocycles. The third-order valence-electron chi connectivity index (χ3n) is 4.26. The van der Waals surface area contributed by atoms with E-state index >= 15 is 0 Å². The van der Waals surface area contributed by atoms with Crippen molar-refractivity contribution in [3.8, 4) is 0 Å². The molecule has 1 aromatic rings. The molecule has 2 heterocycles. The molecule has 0 radical (unpaired) electrons. The van der Waals surface area contributed by atoms with Crippen molar-refractivity contribution in [2.75, 3.05) is 18.0 Å². The zero-order valence-electron chi connectivity index (χ0n) is 11.7. The maximum Gasteiger partial charge on any atom is 0.229 e. The van der Waals surface area contributed by atoms with Gasteiger partial charge in [0, 0.05) is 18.8 Å². The van der Waals surface area contributed by atoms with E-state index in [4.69, 9.17) is 10.5 Å². The van der Waals surface area contributed by atoms with Crippen molar-refractivity contribution in [2.45, 2.75) is 37.3 Å². The van der Waals surface area contributed by atoms with E-state index in [1.807, 2.05) is 24.3 Å². The summed E-state index contributed by atoms with van der Waals surface area (Å²) in [5, 5.41) is 19.7. The van der Waals surface area contributed by atoms with E-state index in [1.54, 1.807) is 4.90 Å². The standard InChI is InChI=1S/C15H20N2O4/c16-8-12-15(20)14(19)11(21-12)7-13(18)17-6-5-9-3-1-2-4-10(9)17/h1-4,11-12,14-15,19-20H,5-8,16H2/t11-,12+,14-,15+/m0/s1. The Morgan fingerprint density at radius 2 is 2.00 bits per heavy atom. The Kier molecular flexibility index (Phi) is 3.95. The smallest absolute Gasteiger partial charge is 0.229 e. The summed E-state index contributed by atoms with van der Waals surface area (Å²) in [5.74, 6) is -0.103. The Hall–Kier alpha value is -1.47. The van der Waals surface area contributed by atoms with Crippen molar-refractivity contribution in [2.24, 2.45) is 5.73 Å². The van der Waals surface area contributed by atoms with Crippen LogP contribution in [-0.2, 0) is 16.0 Å². The summed E-state index contributed by atoms with van der Waals surface area (Å²) in [6, 6.07) is 7.79. The molecule has 2 aliphatic heterocycles. The summed E-state index contributed by atoms with van der Waals surface area (Å²) in [4.78, 5) is 14.1. The highest BCUT2D eigenvalue weighted by Crippen LogP contribution is 2.30. The van der Waals surface area contributed by atoms with E-state index in [2.05, 4.69) is 0 Å². The molecule has 0 aliphatic carbocycles. The summed E-state index contributed by atoms with van der Waals surface area (Å²) in [6.07, 6.45) is -2.52. The van der Waals surface area contributed by atoms with Crippen LogP contribution in [0.1, 0.15) is 12.0 Å². The number of hydrogen-bond acceptors (Lipinski definition) is 5. The van der Waals surface area contributed by atoms with Gasteiger partial charge < -0.3 is 25.6 Å². The molecule has 0 unspecified atom stereocenters. The highest BCUT2D eigenvalue weighted by Gasteiger charge is 2.43. The molecule has 1 saturated heterocycles. The number of aliphatic hydroxyl groups excluding tert-OH is 2. The Balaban J connectivity index is 1.68. The van der Waals surface area contributed by atoms with Gasteiger partial charge in [0.05, 0.1) is 18.6 Å². The van der Waals surface area contributed by atoms with E-state index in [9.17, 15) is 15.0 Å². The Morgan fingerprint density at radius 1 is 1.29 bits per heavy atom. The van der Waals surface area contributed by atoms with Gasteiger partial charge in [0.15, 0.2) is 0 Å². The van der Waals surface area contributed by atoms with E-state index < -0.39 is 24.4 Å². The van der Waals surface area contributed by atoms with Crippen LogP contribution in [0.15, 0.2) is 24.3 Å². The lowest BCUT2D eigenvalue weighted by Gasteiger charge is -2.21. The molecule has 1 aromatic carbocycles. The van der Waals surface area contributed by atoms with E-state index in [-0.39, 0.29) is 18.9 Å². The third kappa shape index (κ3) is 2.55. The van der Waals surface area contributed by atoms with Crippen LogP contribution < -0.4 is 10.6 Å². The van der Waals surface area contributed by atoms with Crippen molar-refractivity contribution in [1.82, 2.24) is 0 Å². The number of fused-ring (bicyclic) bond motifs is 1. The van der Waals surface area contributed by atoms with Crippen LogP contribution in [0.5, 0.6) is 0 Å². The van der Waals surface area contributed by atoms with Crippen LogP contribution in [0.3, 0.4) is 0 Å². The first-order valence-electron chi connectivity index (χ1n) is 7.21. The molecule has 114 valence electrons. The number of amides is 1. The molecule has 2 aliphatic rings. The molecule has 21 heavy (non-hydrogen) atoms. The molecule has 6 heteroatoms. The predicted octanol–water partition coefficient (Wildman–Crippen LogP) is -0.586. The molecule has 3 rings (SSSR count). The lowest BCUT2D eigenvalue weighted by atomic mass is 10.1. The van der Waals surface area contributed by atoms with Gasteiger partial charge in [-0.05, 0) is 18.1 Å². The molecule has 1 fully saturated rings. The summed E-state index contributed by atoms with van der Waals surface area (Å²) in [7, 11) is 0. The summed E-state index contributed by atoms with van der Waals surface area (Å²) >= 11 is 0. The van der Waals surface area contributed by atoms with Gasteiger partial charge in [0.2, 0.25) is 5.91 Å². The maximum absolute atomic E-state index is 12.4. The van der Waals surface area contributed by atoms with Crippen LogP contribution in [0.2, 0.25) is 0 Å². The van der Waals surface area contributed by atoms with Gasteiger partial charge in [-0.2, -0.15) is 0 Å². The van der Waals surface area contributed by atoms with Crippen LogP contribution >= 0.6 is 0 Å². The third-order valence-corrected chi connectivity index (χ3v) is 4.26. The van der Waals surface area contributed by atoms with E-state index in [1.165, 1.54) is 0 Å². The predicted molar refractivity (Wildman–Crippen MR) is 76.8 cm³/mol. The van der Waals surface area contributed by atoms with Crippen molar-refractivity contribution in [1.29, 1.82) is 0 Å². The number of anilines is 1. The maximum atomic E-state index is 12.4. The number of hydrogen-bond donors (Lipinski definition) is 3. The summed E-state index contributed by atoms with van der Waals surface area (Å²) < 4.78 is 5.48. The van der Waals surface area contributed by atoms with Gasteiger partial charge in [-0.1, -0.05) is 18.2 Å². The van der Waals surface area contributed by atoms with Crippen LogP contribution in [0, 0.1) is 0 Å². The fraction of sp³-hybridized carbons (Fsp3) is 0.533. The summed E-state index contributed by atoms with van der Waals surface area (Å²) in [6.45, 7) is 0.763. The second kappa shape index (κ2) is 5.73. The minimum Gasteiger partial charge on any atom is -0.388 e. The Labute approximate surface area is 123 Å². The number of nitrogens with zero attached hydrogens (tertiary/aromatic N) is 1. The number of ether oxygens (including phenoxy) is 1. The van der Waals surface area contributed by atoms with Crippen LogP contribution in [0.4, 0.5) is 5.69 Å². The zero-order chi connectivity index (χ0) is 15.0. The molecule has 0 spiro atoms. The van der Waals surface area contributed by atoms with Crippen molar-refractivity contribution >= 4 is 11.6 Å². The van der Waals surface area contributed by atoms with Gasteiger partial charge in [-0.15, -0.1) is 0 Å². The first kappa shape index (κ1) is 14.5. The normalized spacial score (nSPS) is 31.5. The highest BCUT2D eigenvalue weighted by atomic mass is 16.5. The number of rotatable bonds is 3. The second-order valence-electron chi connectivity index (χ2n) is 5.56. The lowest BCUT2D eigenvalue weighted by Crippen LogP contribution is -2.38. The number of carbonyl (C=O) groups excluding carboxylic acids is 1. The molecular weight excluding hydrogens is 272 g/mol. The molecule has 0 aromatic heterocycles. The first-order chi connectivity index (χ1) is 10.1. The number of aliphatic hydroxyl groups is 2. The average molecular weight is 292 g/mol. The largest absolute Gasteiger partial charge is 0.388 e. The molecular formula is C15H20N2O4. The molecule has 4 N–H and O–H groups in total. The van der Waals surface area contributed by atoms with Crippen molar-refractivity contribution in [3.63, 3.8) is 0 Å². The average Bonchev–Trinajstić information content (AvgIpc) is 3.03. The Bertz CT molecular complexity index is 536. The highest BCUT2D eigenvalue weighted by molar-refractivity contribution is 5.95. The Morgan fingerprint density at radius 3 is 2.71 bits per heavy atom. The van der Waals surface area contributed by atoms with Gasteiger partial charge in [0.1, 0.15) is 12.2 Å². The van der Waals surface area contributed by atoms with E-state index in [0.717, 1.165) is 17.7 Å². The quantitative estimate of drug-likeness (QED) is 0.692. The SMILES string of the molecule is NC[C@H]1O[C@@H](CC(=O)N2CCc3ccccc32)[C@H](O)[C@@H]1O. The minimum atomic E-state index is -1.07. The topological polar surface area (TPSA) is 96.0 Å². The van der Waals surface area contributed by atoms with Crippen molar-refractivity contribution in [3.05, 3.63) is 29.8 Å². The zero-order valence-corrected chi connectivity index (χ0v) is 11.7. The molecule has 1 amide bonds. The number of benzene rings is 1. The fourth-order valence-corrected chi connectivity index (χ4v) is 3.07. The molecule has 4 atom stereocenters. The van der Waals surface area contributed by atoms with Gasteiger partial charge in [0.25, 0.3) is 0 Å². The second-order valence-corrected chi connectivity index (χ2v) is 5.56. The van der Waals surface area contributed by atoms with E-state index in [0.29, 0.717) is 6.54 Å². The molecule has 6 nitrogen and oxygen atoms in total. The first-order valence-corrected chi connectivity index (χ1v) is 7.21. The monoisotopic (exact) mass is 292 g/mol. The number of para-hydroxylation sites is 1. The van der Waals surface area contributed by atoms with Gasteiger partial charge in [-0.3, -0.25) is 4.79 Å². The lowest BCUT2D eigenvalue weighted by molar-refractivity contribution is -0.122. The number of carbonyl (C=O) groups is 1. The minimum absolute atomic E-state index is 0.0447.